The average molecular weight is 487 g/mol. The van der Waals surface area contributed by atoms with Crippen LogP contribution in [0.25, 0.3) is 10.9 Å². The third-order valence-electron chi connectivity index (χ3n) is 5.09. The van der Waals surface area contributed by atoms with E-state index in [9.17, 15) is 4.39 Å². The van der Waals surface area contributed by atoms with E-state index in [-0.39, 0.29) is 29.8 Å². The maximum atomic E-state index is 13.3. The van der Waals surface area contributed by atoms with E-state index in [0.717, 1.165) is 49.0 Å². The number of H-pyrrole nitrogens is 1. The Morgan fingerprint density at radius 3 is 2.85 bits per heavy atom. The Balaban J connectivity index is 0.00000261. The monoisotopic (exact) mass is 487 g/mol. The second-order valence-electron chi connectivity index (χ2n) is 7.15. The number of guanidine groups is 1. The normalized spacial score (nSPS) is 15.7. The Bertz CT molecular complexity index is 756. The minimum atomic E-state index is -0.212. The highest BCUT2D eigenvalue weighted by atomic mass is 127. The van der Waals surface area contributed by atoms with Gasteiger partial charge in [-0.25, -0.2) is 4.39 Å². The Morgan fingerprint density at radius 1 is 1.37 bits per heavy atom. The van der Waals surface area contributed by atoms with E-state index in [0.29, 0.717) is 6.04 Å². The van der Waals surface area contributed by atoms with Crippen molar-refractivity contribution in [1.82, 2.24) is 20.5 Å². The molecule has 1 aliphatic rings. The van der Waals surface area contributed by atoms with Crippen molar-refractivity contribution in [3.05, 3.63) is 35.8 Å². The first-order valence-corrected chi connectivity index (χ1v) is 9.58. The number of aromatic nitrogens is 1. The molecule has 1 aromatic heterocycles. The lowest BCUT2D eigenvalue weighted by atomic mass is 10.1. The molecule has 0 spiro atoms. The number of nitrogens with one attached hydrogen (secondary N) is 3. The standard InChI is InChI=1S/C20H30FN5.HI/c1-4-22-20(25-12-14(2)26(3)17-6-7-17)23-10-9-15-13-24-19-11-16(21)5-8-18(15)19;/h5,8,11,13-14,17,24H,4,6-7,9-10,12H2,1-3H3,(H2,22,23,25);1H. The summed E-state index contributed by atoms with van der Waals surface area (Å²) in [4.78, 5) is 10.3. The van der Waals surface area contributed by atoms with Gasteiger partial charge >= 0.3 is 0 Å². The molecule has 5 nitrogen and oxygen atoms in total. The van der Waals surface area contributed by atoms with Gasteiger partial charge in [0, 0.05) is 42.3 Å². The Labute approximate surface area is 178 Å². The molecule has 0 bridgehead atoms. The highest BCUT2D eigenvalue weighted by Crippen LogP contribution is 2.26. The van der Waals surface area contributed by atoms with Crippen LogP contribution in [0.15, 0.2) is 29.4 Å². The molecule has 0 saturated heterocycles. The second-order valence-corrected chi connectivity index (χ2v) is 7.15. The molecule has 1 unspecified atom stereocenters. The van der Waals surface area contributed by atoms with Gasteiger partial charge in [-0.3, -0.25) is 9.89 Å². The van der Waals surface area contributed by atoms with Crippen molar-refractivity contribution in [2.75, 3.05) is 26.7 Å². The highest BCUT2D eigenvalue weighted by Gasteiger charge is 2.28. The first kappa shape index (κ1) is 21.9. The van der Waals surface area contributed by atoms with Crippen molar-refractivity contribution in [2.45, 2.75) is 45.2 Å². The summed E-state index contributed by atoms with van der Waals surface area (Å²) >= 11 is 0. The van der Waals surface area contributed by atoms with Gasteiger partial charge in [0.1, 0.15) is 5.82 Å². The van der Waals surface area contributed by atoms with Crippen LogP contribution in [0.1, 0.15) is 32.3 Å². The molecule has 7 heteroatoms. The van der Waals surface area contributed by atoms with Crippen LogP contribution in [0.2, 0.25) is 0 Å². The number of likely N-dealkylation sites (N-methyl/N-ethyl adjacent to an activating group) is 1. The van der Waals surface area contributed by atoms with Crippen molar-refractivity contribution in [3.63, 3.8) is 0 Å². The van der Waals surface area contributed by atoms with Crippen molar-refractivity contribution in [3.8, 4) is 0 Å². The fourth-order valence-electron chi connectivity index (χ4n) is 3.22. The molecular weight excluding hydrogens is 456 g/mol. The molecule has 27 heavy (non-hydrogen) atoms. The number of hydrogen-bond acceptors (Lipinski definition) is 2. The molecule has 3 N–H and O–H groups in total. The van der Waals surface area contributed by atoms with Crippen molar-refractivity contribution in [2.24, 2.45) is 4.99 Å². The summed E-state index contributed by atoms with van der Waals surface area (Å²) < 4.78 is 13.3. The van der Waals surface area contributed by atoms with E-state index in [1.54, 1.807) is 0 Å². The predicted molar refractivity (Wildman–Crippen MR) is 122 cm³/mol. The topological polar surface area (TPSA) is 55.5 Å². The zero-order chi connectivity index (χ0) is 18.5. The molecule has 150 valence electrons. The van der Waals surface area contributed by atoms with Crippen LogP contribution in [0.4, 0.5) is 4.39 Å². The largest absolute Gasteiger partial charge is 0.361 e. The van der Waals surface area contributed by atoms with Crippen molar-refractivity contribution < 1.29 is 4.39 Å². The quantitative estimate of drug-likeness (QED) is 0.304. The fourth-order valence-corrected chi connectivity index (χ4v) is 3.22. The molecule has 0 aliphatic heterocycles. The van der Waals surface area contributed by atoms with Gasteiger partial charge in [-0.2, -0.15) is 0 Å². The Hall–Kier alpha value is -1.35. The number of hydrogen-bond donors (Lipinski definition) is 3. The fraction of sp³-hybridized carbons (Fsp3) is 0.550. The predicted octanol–water partition coefficient (Wildman–Crippen LogP) is 3.51. The van der Waals surface area contributed by atoms with Gasteiger partial charge in [0.05, 0.1) is 6.54 Å². The number of nitrogens with zero attached hydrogens (tertiary/aromatic N) is 2. The third kappa shape index (κ3) is 6.07. The van der Waals surface area contributed by atoms with E-state index in [2.05, 4.69) is 41.4 Å². The molecule has 0 amide bonds. The lowest BCUT2D eigenvalue weighted by molar-refractivity contribution is 0.253. The van der Waals surface area contributed by atoms with E-state index in [1.165, 1.54) is 30.5 Å². The number of aliphatic imine (C=N–C) groups is 1. The van der Waals surface area contributed by atoms with E-state index in [4.69, 9.17) is 4.99 Å². The van der Waals surface area contributed by atoms with Crippen LogP contribution >= 0.6 is 24.0 Å². The van der Waals surface area contributed by atoms with Crippen LogP contribution in [0, 0.1) is 5.82 Å². The number of rotatable bonds is 8. The average Bonchev–Trinajstić information content (AvgIpc) is 3.40. The minimum Gasteiger partial charge on any atom is -0.361 e. The lowest BCUT2D eigenvalue weighted by Gasteiger charge is -2.23. The Morgan fingerprint density at radius 2 is 2.15 bits per heavy atom. The van der Waals surface area contributed by atoms with E-state index < -0.39 is 0 Å². The molecule has 1 aromatic carbocycles. The maximum absolute atomic E-state index is 13.3. The SMILES string of the molecule is CCNC(=NCC(C)N(C)C1CC1)NCCc1c[nH]c2cc(F)ccc12.I. The van der Waals surface area contributed by atoms with Crippen LogP contribution < -0.4 is 10.6 Å². The summed E-state index contributed by atoms with van der Waals surface area (Å²) in [5.41, 5.74) is 2.03. The molecular formula is C20H31FIN5. The van der Waals surface area contributed by atoms with Gasteiger partial charge in [0.25, 0.3) is 0 Å². The maximum Gasteiger partial charge on any atom is 0.191 e. The van der Waals surface area contributed by atoms with Gasteiger partial charge in [0.2, 0.25) is 0 Å². The van der Waals surface area contributed by atoms with E-state index >= 15 is 0 Å². The summed E-state index contributed by atoms with van der Waals surface area (Å²) in [6.45, 7) is 6.71. The molecule has 1 saturated carbocycles. The third-order valence-corrected chi connectivity index (χ3v) is 5.09. The minimum absolute atomic E-state index is 0. The summed E-state index contributed by atoms with van der Waals surface area (Å²) in [5, 5.41) is 7.79. The number of fused-ring (bicyclic) bond motifs is 1. The lowest BCUT2D eigenvalue weighted by Crippen LogP contribution is -2.40. The number of aromatic amines is 1. The highest BCUT2D eigenvalue weighted by molar-refractivity contribution is 14.0. The summed E-state index contributed by atoms with van der Waals surface area (Å²) in [6, 6.07) is 6.08. The van der Waals surface area contributed by atoms with Gasteiger partial charge in [-0.15, -0.1) is 24.0 Å². The van der Waals surface area contributed by atoms with Gasteiger partial charge in [0.15, 0.2) is 5.96 Å². The Kier molecular flexibility index (Phi) is 8.34. The summed E-state index contributed by atoms with van der Waals surface area (Å²) in [6.07, 6.45) is 5.45. The summed E-state index contributed by atoms with van der Waals surface area (Å²) in [5.74, 6) is 0.644. The van der Waals surface area contributed by atoms with Crippen LogP contribution in [-0.4, -0.2) is 54.6 Å². The molecule has 1 fully saturated rings. The first-order valence-electron chi connectivity index (χ1n) is 9.58. The van der Waals surface area contributed by atoms with Gasteiger partial charge < -0.3 is 15.6 Å². The molecule has 2 aromatic rings. The van der Waals surface area contributed by atoms with Crippen LogP contribution in [0.3, 0.4) is 0 Å². The smallest absolute Gasteiger partial charge is 0.191 e. The van der Waals surface area contributed by atoms with Crippen molar-refractivity contribution >= 4 is 40.8 Å². The van der Waals surface area contributed by atoms with Crippen LogP contribution in [-0.2, 0) is 6.42 Å². The van der Waals surface area contributed by atoms with Crippen LogP contribution in [0.5, 0.6) is 0 Å². The number of halogens is 2. The second kappa shape index (κ2) is 10.3. The summed E-state index contributed by atoms with van der Waals surface area (Å²) in [7, 11) is 2.19. The van der Waals surface area contributed by atoms with Crippen molar-refractivity contribution in [1.29, 1.82) is 0 Å². The zero-order valence-electron chi connectivity index (χ0n) is 16.4. The van der Waals surface area contributed by atoms with E-state index in [1.807, 2.05) is 12.3 Å². The molecule has 0 radical (unpaired) electrons. The molecule has 1 atom stereocenters. The van der Waals surface area contributed by atoms with Gasteiger partial charge in [-0.1, -0.05) is 0 Å². The molecule has 3 rings (SSSR count). The first-order chi connectivity index (χ1) is 12.6. The molecule has 1 aliphatic carbocycles. The van der Waals surface area contributed by atoms with Gasteiger partial charge in [-0.05, 0) is 63.9 Å². The zero-order valence-corrected chi connectivity index (χ0v) is 18.7. The molecule has 1 heterocycles. The number of benzene rings is 1.